The van der Waals surface area contributed by atoms with E-state index in [-0.39, 0.29) is 0 Å². The van der Waals surface area contributed by atoms with Crippen LogP contribution in [0.1, 0.15) is 18.4 Å². The van der Waals surface area contributed by atoms with E-state index in [1.165, 1.54) is 11.3 Å². The first-order valence-corrected chi connectivity index (χ1v) is 9.72. The third-order valence-electron chi connectivity index (χ3n) is 4.57. The maximum atomic E-state index is 8.92. The molecule has 3 aromatic rings. The molecule has 1 aromatic carbocycles. The van der Waals surface area contributed by atoms with Crippen molar-refractivity contribution in [1.82, 2.24) is 15.1 Å². The van der Waals surface area contributed by atoms with E-state index < -0.39 is 0 Å². The molecule has 0 bridgehead atoms. The van der Waals surface area contributed by atoms with Gasteiger partial charge in [-0.1, -0.05) is 11.2 Å². The molecule has 4 rings (SSSR count). The zero-order valence-corrected chi connectivity index (χ0v) is 15.8. The molecule has 8 heteroatoms. The van der Waals surface area contributed by atoms with E-state index in [1.54, 1.807) is 11.4 Å². The third kappa shape index (κ3) is 4.27. The lowest BCUT2D eigenvalue weighted by molar-refractivity contribution is 0.264. The van der Waals surface area contributed by atoms with Crippen molar-refractivity contribution in [3.05, 3.63) is 41.3 Å². The summed E-state index contributed by atoms with van der Waals surface area (Å²) in [6, 6.07) is 12.7. The summed E-state index contributed by atoms with van der Waals surface area (Å²) in [5.74, 6) is 0.407. The number of nitrogens with zero attached hydrogens (tertiary/aromatic N) is 4. The number of hydrogen-bond acceptors (Lipinski definition) is 8. The number of nitrogens with one attached hydrogen (secondary N) is 2. The highest BCUT2D eigenvalue weighted by Crippen LogP contribution is 2.28. The molecule has 0 radical (unpaired) electrons. The van der Waals surface area contributed by atoms with Gasteiger partial charge in [-0.05, 0) is 57.2 Å². The van der Waals surface area contributed by atoms with Crippen LogP contribution in [-0.2, 0) is 0 Å². The van der Waals surface area contributed by atoms with E-state index in [0.717, 1.165) is 42.2 Å². The molecule has 3 heterocycles. The topological polar surface area (TPSA) is 90.0 Å². The zero-order chi connectivity index (χ0) is 18.6. The highest BCUT2D eigenvalue weighted by atomic mass is 32.1. The fourth-order valence-corrected chi connectivity index (χ4v) is 3.83. The van der Waals surface area contributed by atoms with E-state index in [9.17, 15) is 0 Å². The van der Waals surface area contributed by atoms with Crippen molar-refractivity contribution >= 4 is 28.7 Å². The Bertz CT molecular complexity index is 951. The van der Waals surface area contributed by atoms with Gasteiger partial charge in [-0.2, -0.15) is 5.26 Å². The van der Waals surface area contributed by atoms with Crippen molar-refractivity contribution in [2.45, 2.75) is 18.9 Å². The van der Waals surface area contributed by atoms with E-state index in [0.29, 0.717) is 23.5 Å². The molecule has 138 valence electrons. The lowest BCUT2D eigenvalue weighted by Gasteiger charge is -2.30. The van der Waals surface area contributed by atoms with E-state index in [2.05, 4.69) is 44.9 Å². The number of benzene rings is 1. The molecule has 0 aliphatic carbocycles. The summed E-state index contributed by atoms with van der Waals surface area (Å²) in [5, 5.41) is 25.6. The SMILES string of the molecule is CN1CCC(Nc2cccc(Nc3nnc(-c4cc(C#N)cs4)o3)c2)CC1. The van der Waals surface area contributed by atoms with Crippen LogP contribution in [0.15, 0.2) is 40.1 Å². The molecule has 1 aliphatic heterocycles. The van der Waals surface area contributed by atoms with Crippen molar-refractivity contribution < 1.29 is 4.42 Å². The van der Waals surface area contributed by atoms with Gasteiger partial charge in [0.1, 0.15) is 6.07 Å². The van der Waals surface area contributed by atoms with Crippen molar-refractivity contribution in [2.24, 2.45) is 0 Å². The molecule has 0 amide bonds. The van der Waals surface area contributed by atoms with Gasteiger partial charge < -0.3 is 20.0 Å². The molecule has 1 saturated heterocycles. The molecule has 1 fully saturated rings. The van der Waals surface area contributed by atoms with Gasteiger partial charge in [-0.3, -0.25) is 0 Å². The summed E-state index contributed by atoms with van der Waals surface area (Å²) >= 11 is 1.41. The summed E-state index contributed by atoms with van der Waals surface area (Å²) in [6.07, 6.45) is 2.29. The average Bonchev–Trinajstić information content (AvgIpc) is 3.33. The first kappa shape index (κ1) is 17.5. The first-order chi connectivity index (χ1) is 13.2. The number of rotatable bonds is 5. The fraction of sp³-hybridized carbons (Fsp3) is 0.316. The second kappa shape index (κ2) is 7.78. The molecule has 2 aromatic heterocycles. The quantitative estimate of drug-likeness (QED) is 0.693. The monoisotopic (exact) mass is 380 g/mol. The van der Waals surface area contributed by atoms with Gasteiger partial charge >= 0.3 is 6.01 Å². The van der Waals surface area contributed by atoms with Crippen molar-refractivity contribution in [3.8, 4) is 16.8 Å². The minimum absolute atomic E-state index is 0.327. The van der Waals surface area contributed by atoms with E-state index in [1.807, 2.05) is 18.2 Å². The number of nitriles is 1. The van der Waals surface area contributed by atoms with Crippen LogP contribution >= 0.6 is 11.3 Å². The van der Waals surface area contributed by atoms with Crippen molar-refractivity contribution in [2.75, 3.05) is 30.8 Å². The standard InChI is InChI=1S/C19H20N6OS/c1-25-7-5-14(6-8-25)21-15-3-2-4-16(10-15)22-19-24-23-18(26-19)17-9-13(11-20)12-27-17/h2-4,9-10,12,14,21H,5-8H2,1H3,(H,22,24). The average molecular weight is 380 g/mol. The van der Waals surface area contributed by atoms with Crippen LogP contribution in [0.4, 0.5) is 17.4 Å². The number of thiophene rings is 1. The Morgan fingerprint density at radius 3 is 2.81 bits per heavy atom. The van der Waals surface area contributed by atoms with Crippen molar-refractivity contribution in [1.29, 1.82) is 5.26 Å². The lowest BCUT2D eigenvalue weighted by atomic mass is 10.1. The zero-order valence-electron chi connectivity index (χ0n) is 15.0. The van der Waals surface area contributed by atoms with Gasteiger partial charge in [-0.15, -0.1) is 16.4 Å². The minimum atomic E-state index is 0.327. The number of hydrogen-bond donors (Lipinski definition) is 2. The van der Waals surface area contributed by atoms with Gasteiger partial charge in [0.15, 0.2) is 0 Å². The van der Waals surface area contributed by atoms with Crippen LogP contribution in [0.25, 0.3) is 10.8 Å². The second-order valence-corrected chi connectivity index (χ2v) is 7.56. The number of piperidine rings is 1. The second-order valence-electron chi connectivity index (χ2n) is 6.65. The molecular formula is C19H20N6OS. The van der Waals surface area contributed by atoms with Gasteiger partial charge in [0.05, 0.1) is 10.4 Å². The van der Waals surface area contributed by atoms with Gasteiger partial charge in [0.2, 0.25) is 0 Å². The predicted octanol–water partition coefficient (Wildman–Crippen LogP) is 3.92. The molecule has 0 unspecified atom stereocenters. The lowest BCUT2D eigenvalue weighted by Crippen LogP contribution is -2.36. The molecule has 0 atom stereocenters. The Kier molecular flexibility index (Phi) is 5.05. The first-order valence-electron chi connectivity index (χ1n) is 8.84. The maximum absolute atomic E-state index is 8.92. The van der Waals surface area contributed by atoms with Crippen LogP contribution in [0.2, 0.25) is 0 Å². The molecule has 27 heavy (non-hydrogen) atoms. The van der Waals surface area contributed by atoms with Gasteiger partial charge in [0.25, 0.3) is 5.89 Å². The smallest absolute Gasteiger partial charge is 0.320 e. The summed E-state index contributed by atoms with van der Waals surface area (Å²) < 4.78 is 5.67. The van der Waals surface area contributed by atoms with Crippen LogP contribution in [0, 0.1) is 11.3 Å². The molecule has 0 saturated carbocycles. The number of aromatic nitrogens is 2. The summed E-state index contributed by atoms with van der Waals surface area (Å²) in [7, 11) is 2.16. The van der Waals surface area contributed by atoms with Gasteiger partial charge in [0, 0.05) is 22.8 Å². The highest BCUT2D eigenvalue weighted by Gasteiger charge is 2.16. The van der Waals surface area contributed by atoms with Crippen LogP contribution < -0.4 is 10.6 Å². The Hall–Kier alpha value is -2.89. The summed E-state index contributed by atoms with van der Waals surface area (Å²) in [4.78, 5) is 3.14. The Labute approximate surface area is 161 Å². The van der Waals surface area contributed by atoms with Gasteiger partial charge in [-0.25, -0.2) is 0 Å². The number of anilines is 3. The fourth-order valence-electron chi connectivity index (χ4n) is 3.08. The Balaban J connectivity index is 1.42. The highest BCUT2D eigenvalue weighted by molar-refractivity contribution is 7.13. The Morgan fingerprint density at radius 2 is 2.04 bits per heavy atom. The minimum Gasteiger partial charge on any atom is -0.402 e. The Morgan fingerprint density at radius 1 is 1.22 bits per heavy atom. The van der Waals surface area contributed by atoms with E-state index >= 15 is 0 Å². The largest absolute Gasteiger partial charge is 0.402 e. The predicted molar refractivity (Wildman–Crippen MR) is 106 cm³/mol. The van der Waals surface area contributed by atoms with Crippen molar-refractivity contribution in [3.63, 3.8) is 0 Å². The summed E-state index contributed by atoms with van der Waals surface area (Å²) in [6.45, 7) is 2.24. The normalized spacial score (nSPS) is 15.4. The number of likely N-dealkylation sites (tertiary alicyclic amines) is 1. The molecule has 0 spiro atoms. The van der Waals surface area contributed by atoms with Crippen LogP contribution in [-0.4, -0.2) is 41.3 Å². The molecule has 7 nitrogen and oxygen atoms in total. The van der Waals surface area contributed by atoms with E-state index in [4.69, 9.17) is 9.68 Å². The molecular weight excluding hydrogens is 360 g/mol. The molecule has 2 N–H and O–H groups in total. The third-order valence-corrected chi connectivity index (χ3v) is 5.49. The molecule has 1 aliphatic rings. The maximum Gasteiger partial charge on any atom is 0.320 e. The van der Waals surface area contributed by atoms with Crippen LogP contribution in [0.3, 0.4) is 0 Å². The summed E-state index contributed by atoms with van der Waals surface area (Å²) in [5.41, 5.74) is 2.55. The van der Waals surface area contributed by atoms with Crippen LogP contribution in [0.5, 0.6) is 0 Å².